The number of ether oxygens (including phenoxy) is 2. The summed E-state index contributed by atoms with van der Waals surface area (Å²) in [6.07, 6.45) is 7.09. The molecular formula is C17H22O3Te. The minimum absolute atomic E-state index is 0.210. The zero-order chi connectivity index (χ0) is 14.5. The van der Waals surface area contributed by atoms with E-state index in [1.54, 1.807) is 0 Å². The van der Waals surface area contributed by atoms with E-state index in [1.807, 2.05) is 30.3 Å². The van der Waals surface area contributed by atoms with Gasteiger partial charge in [-0.3, -0.25) is 0 Å². The molecule has 21 heavy (non-hydrogen) atoms. The fourth-order valence-electron chi connectivity index (χ4n) is 3.22. The Bertz CT molecular complexity index is 462. The number of rotatable bonds is 5. The average molecular weight is 402 g/mol. The van der Waals surface area contributed by atoms with E-state index >= 15 is 0 Å². The first-order valence-corrected chi connectivity index (χ1v) is 10.2. The predicted molar refractivity (Wildman–Crippen MR) is 82.7 cm³/mol. The Morgan fingerprint density at radius 3 is 2.43 bits per heavy atom. The molecule has 1 aromatic rings. The molecule has 1 saturated carbocycles. The van der Waals surface area contributed by atoms with Crippen LogP contribution in [0, 0.1) is 5.92 Å². The third kappa shape index (κ3) is 3.87. The Morgan fingerprint density at radius 1 is 1.10 bits per heavy atom. The molecule has 0 atom stereocenters. The van der Waals surface area contributed by atoms with Crippen LogP contribution in [0.1, 0.15) is 38.5 Å². The third-order valence-corrected chi connectivity index (χ3v) is 7.17. The quantitative estimate of drug-likeness (QED) is 0.710. The van der Waals surface area contributed by atoms with Crippen LogP contribution in [0.4, 0.5) is 0 Å². The van der Waals surface area contributed by atoms with Crippen molar-refractivity contribution in [3.8, 4) is 0 Å². The molecule has 1 aliphatic heterocycles. The summed E-state index contributed by atoms with van der Waals surface area (Å²) < 4.78 is 13.0. The molecule has 1 aromatic carbocycles. The van der Waals surface area contributed by atoms with Crippen molar-refractivity contribution in [2.24, 2.45) is 5.92 Å². The van der Waals surface area contributed by atoms with Gasteiger partial charge in [0.1, 0.15) is 0 Å². The fourth-order valence-corrected chi connectivity index (χ4v) is 5.68. The van der Waals surface area contributed by atoms with Gasteiger partial charge in [-0.2, -0.15) is 0 Å². The summed E-state index contributed by atoms with van der Waals surface area (Å²) in [6.45, 7) is 1.11. The van der Waals surface area contributed by atoms with Crippen molar-refractivity contribution in [1.29, 1.82) is 0 Å². The second-order valence-corrected chi connectivity index (χ2v) is 8.85. The molecular weight excluding hydrogens is 380 g/mol. The van der Waals surface area contributed by atoms with Gasteiger partial charge in [0.05, 0.1) is 0 Å². The van der Waals surface area contributed by atoms with E-state index in [-0.39, 0.29) is 3.83 Å². The van der Waals surface area contributed by atoms with Crippen molar-refractivity contribution in [1.82, 2.24) is 0 Å². The van der Waals surface area contributed by atoms with Crippen molar-refractivity contribution >= 4 is 28.4 Å². The Balaban J connectivity index is 1.69. The molecule has 3 nitrogen and oxygen atoms in total. The average Bonchev–Trinajstić information content (AvgIpc) is 2.99. The molecule has 1 saturated heterocycles. The van der Waals surface area contributed by atoms with Gasteiger partial charge < -0.3 is 0 Å². The van der Waals surface area contributed by atoms with E-state index in [2.05, 4.69) is 0 Å². The van der Waals surface area contributed by atoms with Crippen molar-refractivity contribution in [2.75, 3.05) is 13.2 Å². The number of carbonyl (C=O) groups is 1. The molecule has 4 heteroatoms. The zero-order valence-electron chi connectivity index (χ0n) is 12.3. The van der Waals surface area contributed by atoms with E-state index in [4.69, 9.17) is 9.47 Å². The van der Waals surface area contributed by atoms with Gasteiger partial charge in [-0.05, 0) is 0 Å². The Morgan fingerprint density at radius 2 is 1.76 bits per heavy atom. The van der Waals surface area contributed by atoms with Gasteiger partial charge in [-0.25, -0.2) is 0 Å². The van der Waals surface area contributed by atoms with Gasteiger partial charge >= 0.3 is 136 Å². The maximum absolute atomic E-state index is 12.8. The van der Waals surface area contributed by atoms with Crippen molar-refractivity contribution in [3.05, 3.63) is 30.3 Å². The molecule has 0 bridgehead atoms. The first kappa shape index (κ1) is 15.5. The number of hydrogen-bond donors (Lipinski definition) is 0. The van der Waals surface area contributed by atoms with Gasteiger partial charge in [-0.15, -0.1) is 0 Å². The summed E-state index contributed by atoms with van der Waals surface area (Å²) in [7, 11) is 0. The van der Waals surface area contributed by atoms with Crippen LogP contribution in [0.5, 0.6) is 0 Å². The molecule has 1 aliphatic carbocycles. The zero-order valence-corrected chi connectivity index (χ0v) is 14.6. The van der Waals surface area contributed by atoms with Crippen LogP contribution in [-0.4, -0.2) is 43.8 Å². The summed E-state index contributed by atoms with van der Waals surface area (Å²) in [5.74, 6) is -0.330. The van der Waals surface area contributed by atoms with Gasteiger partial charge in [-0.1, -0.05) is 0 Å². The Hall–Kier alpha value is -0.400. The number of hydrogen-bond acceptors (Lipinski definition) is 3. The molecule has 2 fully saturated rings. The van der Waals surface area contributed by atoms with E-state index in [1.165, 1.54) is 32.1 Å². The minimum atomic E-state index is -0.919. The number of carbonyl (C=O) groups excluding carboxylic acids is 1. The molecule has 2 aliphatic rings. The summed E-state index contributed by atoms with van der Waals surface area (Å²) in [6, 6.07) is 10.1. The molecule has 0 spiro atoms. The van der Waals surface area contributed by atoms with Crippen LogP contribution < -0.4 is 3.61 Å². The van der Waals surface area contributed by atoms with Crippen LogP contribution in [0.25, 0.3) is 0 Å². The van der Waals surface area contributed by atoms with E-state index in [0.29, 0.717) is 19.1 Å². The SMILES string of the molecule is O=C([Te]c1ccccc1)C1(CC2CCCCC2)OCCO1. The maximum atomic E-state index is 12.8. The summed E-state index contributed by atoms with van der Waals surface area (Å²) in [5, 5.41) is 0. The number of benzene rings is 1. The summed E-state index contributed by atoms with van der Waals surface area (Å²) in [5.41, 5.74) is 0. The van der Waals surface area contributed by atoms with Crippen molar-refractivity contribution < 1.29 is 14.3 Å². The van der Waals surface area contributed by atoms with Gasteiger partial charge in [0.2, 0.25) is 0 Å². The van der Waals surface area contributed by atoms with Gasteiger partial charge in [0, 0.05) is 0 Å². The Kier molecular flexibility index (Phi) is 5.34. The molecule has 1 heterocycles. The van der Waals surface area contributed by atoms with Crippen LogP contribution in [0.3, 0.4) is 0 Å². The monoisotopic (exact) mass is 404 g/mol. The van der Waals surface area contributed by atoms with Gasteiger partial charge in [0.25, 0.3) is 0 Å². The normalized spacial score (nSPS) is 22.3. The predicted octanol–water partition coefficient (Wildman–Crippen LogP) is 2.26. The first-order valence-electron chi connectivity index (χ1n) is 7.84. The fraction of sp³-hybridized carbons (Fsp3) is 0.588. The van der Waals surface area contributed by atoms with Gasteiger partial charge in [0.15, 0.2) is 0 Å². The summed E-state index contributed by atoms with van der Waals surface area (Å²) in [4.78, 5) is 12.8. The Labute approximate surface area is 136 Å². The molecule has 0 amide bonds. The van der Waals surface area contributed by atoms with Crippen molar-refractivity contribution in [2.45, 2.75) is 44.3 Å². The van der Waals surface area contributed by atoms with Crippen molar-refractivity contribution in [3.63, 3.8) is 0 Å². The third-order valence-electron chi connectivity index (χ3n) is 4.30. The van der Waals surface area contributed by atoms with Crippen LogP contribution in [0.15, 0.2) is 30.3 Å². The van der Waals surface area contributed by atoms with E-state index in [9.17, 15) is 4.79 Å². The van der Waals surface area contributed by atoms with Crippen LogP contribution in [0.2, 0.25) is 0 Å². The van der Waals surface area contributed by atoms with Crippen LogP contribution in [-0.2, 0) is 14.3 Å². The molecule has 0 N–H and O–H groups in total. The topological polar surface area (TPSA) is 35.5 Å². The van der Waals surface area contributed by atoms with E-state index < -0.39 is 26.7 Å². The molecule has 0 aromatic heterocycles. The molecule has 114 valence electrons. The second kappa shape index (κ2) is 7.24. The molecule has 0 unspecified atom stereocenters. The van der Waals surface area contributed by atoms with E-state index in [0.717, 1.165) is 10.0 Å². The summed E-state index contributed by atoms with van der Waals surface area (Å²) >= 11 is -0.919. The standard InChI is InChI=1S/C17H22O3Te/c18-16(21-15-9-5-2-6-10-15)17(19-11-12-20-17)13-14-7-3-1-4-8-14/h2,5-6,9-10,14H,1,3-4,7-8,11-13H2. The first-order chi connectivity index (χ1) is 10.3. The molecule has 0 radical (unpaired) electrons. The van der Waals surface area contributed by atoms with Crippen LogP contribution >= 0.6 is 0 Å². The molecule has 3 rings (SSSR count). The second-order valence-electron chi connectivity index (χ2n) is 5.86.